The van der Waals surface area contributed by atoms with E-state index in [2.05, 4.69) is 30.7 Å². The SMILES string of the molecule is CCOC(=O)Cn1ncc2c1CCCC2NSc1cnc(Oc2ccc(F)c(F)c2)c(Br)c1. The van der Waals surface area contributed by atoms with Gasteiger partial charge in [-0.3, -0.25) is 14.2 Å². The van der Waals surface area contributed by atoms with E-state index in [1.807, 2.05) is 6.07 Å². The molecule has 1 atom stereocenters. The van der Waals surface area contributed by atoms with Crippen molar-refractivity contribution in [3.63, 3.8) is 0 Å². The summed E-state index contributed by atoms with van der Waals surface area (Å²) in [7, 11) is 0. The highest BCUT2D eigenvalue weighted by Crippen LogP contribution is 2.34. The van der Waals surface area contributed by atoms with Crippen LogP contribution in [0.25, 0.3) is 0 Å². The van der Waals surface area contributed by atoms with E-state index in [0.717, 1.165) is 47.5 Å². The van der Waals surface area contributed by atoms with Crippen molar-refractivity contribution >= 4 is 33.8 Å². The zero-order chi connectivity index (χ0) is 23.4. The van der Waals surface area contributed by atoms with Crippen LogP contribution < -0.4 is 9.46 Å². The number of nitrogens with zero attached hydrogens (tertiary/aromatic N) is 3. The van der Waals surface area contributed by atoms with E-state index in [9.17, 15) is 13.6 Å². The van der Waals surface area contributed by atoms with Crippen LogP contribution in [0.4, 0.5) is 8.78 Å². The van der Waals surface area contributed by atoms with Gasteiger partial charge in [0.25, 0.3) is 0 Å². The molecule has 174 valence electrons. The second-order valence-corrected chi connectivity index (χ2v) is 9.08. The maximum atomic E-state index is 13.4. The Balaban J connectivity index is 1.40. The first-order valence-electron chi connectivity index (χ1n) is 10.4. The van der Waals surface area contributed by atoms with Crippen molar-refractivity contribution in [1.29, 1.82) is 0 Å². The Morgan fingerprint density at radius 1 is 1.30 bits per heavy atom. The summed E-state index contributed by atoms with van der Waals surface area (Å²) in [6, 6.07) is 5.20. The number of hydrogen-bond acceptors (Lipinski definition) is 7. The van der Waals surface area contributed by atoms with Gasteiger partial charge in [0.15, 0.2) is 11.6 Å². The number of benzene rings is 1. The van der Waals surface area contributed by atoms with Crippen LogP contribution in [0.1, 0.15) is 37.1 Å². The predicted octanol–water partition coefficient (Wildman–Crippen LogP) is 5.35. The lowest BCUT2D eigenvalue weighted by Crippen LogP contribution is -2.22. The summed E-state index contributed by atoms with van der Waals surface area (Å²) in [5, 5.41) is 4.38. The van der Waals surface area contributed by atoms with Gasteiger partial charge < -0.3 is 9.47 Å². The lowest BCUT2D eigenvalue weighted by atomic mass is 9.94. The summed E-state index contributed by atoms with van der Waals surface area (Å²) in [6.45, 7) is 2.23. The van der Waals surface area contributed by atoms with Gasteiger partial charge in [0.05, 0.1) is 17.3 Å². The summed E-state index contributed by atoms with van der Waals surface area (Å²) in [5.41, 5.74) is 2.12. The molecule has 1 aliphatic rings. The first-order valence-corrected chi connectivity index (χ1v) is 12.0. The normalized spacial score (nSPS) is 15.2. The van der Waals surface area contributed by atoms with Gasteiger partial charge in [-0.1, -0.05) is 0 Å². The molecular formula is C22H21BrF2N4O3S. The van der Waals surface area contributed by atoms with Crippen molar-refractivity contribution in [2.75, 3.05) is 6.61 Å². The van der Waals surface area contributed by atoms with Crippen molar-refractivity contribution < 1.29 is 23.0 Å². The number of fused-ring (bicyclic) bond motifs is 1. The smallest absolute Gasteiger partial charge is 0.327 e. The van der Waals surface area contributed by atoms with Crippen LogP contribution in [0.15, 0.2) is 46.0 Å². The highest BCUT2D eigenvalue weighted by molar-refractivity contribution is 9.10. The van der Waals surface area contributed by atoms with Crippen LogP contribution in [0.3, 0.4) is 0 Å². The molecule has 0 bridgehead atoms. The number of pyridine rings is 1. The fraction of sp³-hybridized carbons (Fsp3) is 0.318. The molecule has 0 saturated carbocycles. The molecule has 2 heterocycles. The van der Waals surface area contributed by atoms with Crippen LogP contribution in [-0.2, 0) is 22.5 Å². The summed E-state index contributed by atoms with van der Waals surface area (Å²) < 4.78 is 42.8. The number of halogens is 3. The molecule has 2 aromatic heterocycles. The van der Waals surface area contributed by atoms with Gasteiger partial charge in [0, 0.05) is 34.5 Å². The summed E-state index contributed by atoms with van der Waals surface area (Å²) in [5.74, 6) is -1.84. The molecule has 0 fully saturated rings. The number of rotatable bonds is 8. The number of aromatic nitrogens is 3. The fourth-order valence-electron chi connectivity index (χ4n) is 3.54. The minimum Gasteiger partial charge on any atom is -0.465 e. The van der Waals surface area contributed by atoms with Crippen molar-refractivity contribution in [1.82, 2.24) is 19.5 Å². The molecule has 4 rings (SSSR count). The Bertz CT molecular complexity index is 1160. The third kappa shape index (κ3) is 5.71. The molecular weight excluding hydrogens is 518 g/mol. The number of carbonyl (C=O) groups excluding carboxylic acids is 1. The van der Waals surface area contributed by atoms with E-state index in [1.165, 1.54) is 18.0 Å². The molecule has 1 unspecified atom stereocenters. The van der Waals surface area contributed by atoms with Crippen LogP contribution >= 0.6 is 27.9 Å². The number of ether oxygens (including phenoxy) is 2. The molecule has 7 nitrogen and oxygen atoms in total. The Morgan fingerprint density at radius 3 is 2.91 bits per heavy atom. The van der Waals surface area contributed by atoms with E-state index in [0.29, 0.717) is 11.1 Å². The maximum Gasteiger partial charge on any atom is 0.327 e. The molecule has 1 aromatic carbocycles. The Kier molecular flexibility index (Phi) is 7.61. The lowest BCUT2D eigenvalue weighted by molar-refractivity contribution is -0.144. The predicted molar refractivity (Wildman–Crippen MR) is 122 cm³/mol. The van der Waals surface area contributed by atoms with Gasteiger partial charge >= 0.3 is 5.97 Å². The third-order valence-corrected chi connectivity index (χ3v) is 6.48. The van der Waals surface area contributed by atoms with Gasteiger partial charge in [-0.25, -0.2) is 13.8 Å². The van der Waals surface area contributed by atoms with Crippen LogP contribution in [-0.4, -0.2) is 27.3 Å². The van der Waals surface area contributed by atoms with E-state index in [4.69, 9.17) is 9.47 Å². The zero-order valence-electron chi connectivity index (χ0n) is 17.7. The van der Waals surface area contributed by atoms with Crippen LogP contribution in [0, 0.1) is 11.6 Å². The van der Waals surface area contributed by atoms with Crippen molar-refractivity contribution in [2.24, 2.45) is 0 Å². The standard InChI is InChI=1S/C22H21BrF2N4O3S/c1-2-31-21(30)12-29-20-5-3-4-19(15(20)11-27-29)28-33-14-9-16(23)22(26-10-14)32-13-6-7-17(24)18(25)8-13/h6-11,19,28H,2-5,12H2,1H3. The summed E-state index contributed by atoms with van der Waals surface area (Å²) in [6.07, 6.45) is 6.21. The lowest BCUT2D eigenvalue weighted by Gasteiger charge is -2.23. The molecule has 3 aromatic rings. The highest BCUT2D eigenvalue weighted by Gasteiger charge is 2.25. The molecule has 11 heteroatoms. The average Bonchev–Trinajstić information content (AvgIpc) is 3.20. The Morgan fingerprint density at radius 2 is 2.15 bits per heavy atom. The first-order chi connectivity index (χ1) is 15.9. The molecule has 0 spiro atoms. The van der Waals surface area contributed by atoms with Crippen LogP contribution in [0.2, 0.25) is 0 Å². The summed E-state index contributed by atoms with van der Waals surface area (Å²) in [4.78, 5) is 16.9. The number of carbonyl (C=O) groups is 1. The molecule has 0 saturated heterocycles. The molecule has 1 N–H and O–H groups in total. The second kappa shape index (κ2) is 10.6. The van der Waals surface area contributed by atoms with Crippen molar-refractivity contribution in [2.45, 2.75) is 43.7 Å². The minimum atomic E-state index is -0.988. The zero-order valence-corrected chi connectivity index (χ0v) is 20.1. The highest BCUT2D eigenvalue weighted by atomic mass is 79.9. The Labute approximate surface area is 202 Å². The molecule has 0 amide bonds. The number of nitrogens with one attached hydrogen (secondary N) is 1. The van der Waals surface area contributed by atoms with E-state index in [-0.39, 0.29) is 30.2 Å². The molecule has 0 aliphatic heterocycles. The minimum absolute atomic E-state index is 0.0755. The number of hydrogen-bond donors (Lipinski definition) is 1. The molecule has 33 heavy (non-hydrogen) atoms. The monoisotopic (exact) mass is 538 g/mol. The van der Waals surface area contributed by atoms with Crippen molar-refractivity contribution in [3.8, 4) is 11.6 Å². The largest absolute Gasteiger partial charge is 0.465 e. The van der Waals surface area contributed by atoms with E-state index in [1.54, 1.807) is 24.0 Å². The van der Waals surface area contributed by atoms with Gasteiger partial charge in [-0.2, -0.15) is 5.10 Å². The van der Waals surface area contributed by atoms with Gasteiger partial charge in [-0.15, -0.1) is 0 Å². The van der Waals surface area contributed by atoms with Gasteiger partial charge in [-0.05, 0) is 72.3 Å². The molecule has 0 radical (unpaired) electrons. The molecule has 1 aliphatic carbocycles. The van der Waals surface area contributed by atoms with Gasteiger partial charge in [0.1, 0.15) is 12.3 Å². The third-order valence-electron chi connectivity index (χ3n) is 5.05. The van der Waals surface area contributed by atoms with Crippen LogP contribution in [0.5, 0.6) is 11.6 Å². The van der Waals surface area contributed by atoms with E-state index >= 15 is 0 Å². The van der Waals surface area contributed by atoms with Gasteiger partial charge in [0.2, 0.25) is 5.88 Å². The summed E-state index contributed by atoms with van der Waals surface area (Å²) >= 11 is 4.83. The topological polar surface area (TPSA) is 78.3 Å². The second-order valence-electron chi connectivity index (χ2n) is 7.31. The maximum absolute atomic E-state index is 13.4. The van der Waals surface area contributed by atoms with Crippen molar-refractivity contribution in [3.05, 3.63) is 64.0 Å². The number of esters is 1. The average molecular weight is 539 g/mol. The first kappa shape index (κ1) is 23.7. The van der Waals surface area contributed by atoms with E-state index < -0.39 is 11.6 Å². The Hall–Kier alpha value is -2.50. The fourth-order valence-corrected chi connectivity index (χ4v) is 4.92. The quantitative estimate of drug-likeness (QED) is 0.306.